The summed E-state index contributed by atoms with van der Waals surface area (Å²) in [6.45, 7) is 2.80. The maximum atomic E-state index is 11.3. The highest BCUT2D eigenvalue weighted by molar-refractivity contribution is 7.99. The van der Waals surface area contributed by atoms with Gasteiger partial charge in [0.15, 0.2) is 5.16 Å². The first-order chi connectivity index (χ1) is 9.58. The highest BCUT2D eigenvalue weighted by atomic mass is 35.5. The number of hydrogen-bond acceptors (Lipinski definition) is 7. The molecule has 2 aromatic rings. The van der Waals surface area contributed by atoms with Crippen molar-refractivity contribution in [3.8, 4) is 0 Å². The number of nitrogens with two attached hydrogens (primary N) is 1. The lowest BCUT2D eigenvalue weighted by Crippen LogP contribution is -2.09. The molecule has 20 heavy (non-hydrogen) atoms. The van der Waals surface area contributed by atoms with Gasteiger partial charge in [0.25, 0.3) is 5.56 Å². The molecule has 0 unspecified atom stereocenters. The summed E-state index contributed by atoms with van der Waals surface area (Å²) in [7, 11) is 0. The lowest BCUT2D eigenvalue weighted by molar-refractivity contribution is 0.922. The number of aromatic amines is 1. The van der Waals surface area contributed by atoms with Crippen LogP contribution in [0.25, 0.3) is 0 Å². The molecule has 0 amide bonds. The van der Waals surface area contributed by atoms with Crippen LogP contribution >= 0.6 is 23.4 Å². The number of aromatic nitrogens is 4. The molecule has 7 nitrogen and oxygen atoms in total. The Labute approximate surface area is 124 Å². The van der Waals surface area contributed by atoms with E-state index < -0.39 is 0 Å². The lowest BCUT2D eigenvalue weighted by atomic mass is 10.5. The van der Waals surface area contributed by atoms with Crippen molar-refractivity contribution in [3.63, 3.8) is 0 Å². The van der Waals surface area contributed by atoms with E-state index in [0.717, 1.165) is 24.7 Å². The van der Waals surface area contributed by atoms with Crippen molar-refractivity contribution >= 4 is 35.1 Å². The molecule has 2 aromatic heterocycles. The van der Waals surface area contributed by atoms with E-state index in [1.807, 2.05) is 6.92 Å². The molecule has 4 N–H and O–H groups in total. The van der Waals surface area contributed by atoms with Crippen molar-refractivity contribution < 1.29 is 0 Å². The van der Waals surface area contributed by atoms with Gasteiger partial charge < -0.3 is 16.0 Å². The molecule has 0 aliphatic carbocycles. The molecule has 0 spiro atoms. The minimum atomic E-state index is -0.325. The van der Waals surface area contributed by atoms with Gasteiger partial charge in [-0.25, -0.2) is 15.0 Å². The summed E-state index contributed by atoms with van der Waals surface area (Å²) in [4.78, 5) is 26.2. The van der Waals surface area contributed by atoms with Crippen LogP contribution in [-0.4, -0.2) is 26.5 Å². The zero-order chi connectivity index (χ0) is 14.5. The van der Waals surface area contributed by atoms with Gasteiger partial charge in [0.05, 0.1) is 11.2 Å². The van der Waals surface area contributed by atoms with Crippen LogP contribution in [0.4, 0.5) is 11.8 Å². The fraction of sp³-hybridized carbons (Fsp3) is 0.273. The molecule has 0 saturated carbocycles. The molecule has 0 saturated heterocycles. The van der Waals surface area contributed by atoms with Crippen LogP contribution in [0.1, 0.15) is 13.3 Å². The van der Waals surface area contributed by atoms with Crippen LogP contribution in [0.2, 0.25) is 5.02 Å². The second kappa shape index (κ2) is 6.58. The van der Waals surface area contributed by atoms with Crippen LogP contribution in [0.3, 0.4) is 0 Å². The fourth-order valence-electron chi connectivity index (χ4n) is 1.34. The lowest BCUT2D eigenvalue weighted by Gasteiger charge is -2.06. The average Bonchev–Trinajstić information content (AvgIpc) is 2.38. The van der Waals surface area contributed by atoms with E-state index in [1.54, 1.807) is 0 Å². The summed E-state index contributed by atoms with van der Waals surface area (Å²) < 4.78 is 0. The third kappa shape index (κ3) is 3.84. The van der Waals surface area contributed by atoms with Gasteiger partial charge in [-0.05, 0) is 18.2 Å². The van der Waals surface area contributed by atoms with Gasteiger partial charge in [0.2, 0.25) is 5.95 Å². The Balaban J connectivity index is 2.25. The van der Waals surface area contributed by atoms with Gasteiger partial charge in [-0.15, -0.1) is 0 Å². The van der Waals surface area contributed by atoms with Gasteiger partial charge in [-0.3, -0.25) is 4.79 Å². The van der Waals surface area contributed by atoms with E-state index in [9.17, 15) is 4.79 Å². The zero-order valence-corrected chi connectivity index (χ0v) is 12.3. The zero-order valence-electron chi connectivity index (χ0n) is 10.7. The molecule has 0 aromatic carbocycles. The number of hydrogen-bond donors (Lipinski definition) is 3. The van der Waals surface area contributed by atoms with Crippen molar-refractivity contribution in [1.82, 2.24) is 19.9 Å². The average molecular weight is 313 g/mol. The van der Waals surface area contributed by atoms with E-state index in [0.29, 0.717) is 21.2 Å². The number of nitrogens with zero attached hydrogens (tertiary/aromatic N) is 3. The first kappa shape index (κ1) is 14.6. The topological polar surface area (TPSA) is 110 Å². The SMILES string of the molecule is CCCNc1ncc(Cl)c(Sc2nc(N)cc(=O)[nH]2)n1. The molecule has 0 atom stereocenters. The predicted octanol–water partition coefficient (Wildman–Crippen LogP) is 1.77. The second-order valence-electron chi connectivity index (χ2n) is 3.85. The molecule has 9 heteroatoms. The van der Waals surface area contributed by atoms with Crippen LogP contribution in [-0.2, 0) is 0 Å². The summed E-state index contributed by atoms with van der Waals surface area (Å²) in [6, 6.07) is 1.21. The Hall–Kier alpha value is -1.80. The molecule has 0 aliphatic heterocycles. The molecule has 0 bridgehead atoms. The van der Waals surface area contributed by atoms with Crippen LogP contribution < -0.4 is 16.6 Å². The summed E-state index contributed by atoms with van der Waals surface area (Å²) in [5.74, 6) is 0.621. The Kier molecular flexibility index (Phi) is 4.80. The van der Waals surface area contributed by atoms with Crippen molar-refractivity contribution in [1.29, 1.82) is 0 Å². The summed E-state index contributed by atoms with van der Waals surface area (Å²) in [5, 5.41) is 4.26. The van der Waals surface area contributed by atoms with Gasteiger partial charge >= 0.3 is 0 Å². The third-order valence-electron chi connectivity index (χ3n) is 2.18. The molecule has 0 aliphatic rings. The van der Waals surface area contributed by atoms with Gasteiger partial charge in [0.1, 0.15) is 10.8 Å². The summed E-state index contributed by atoms with van der Waals surface area (Å²) in [6.07, 6.45) is 2.46. The van der Waals surface area contributed by atoms with Crippen LogP contribution in [0.5, 0.6) is 0 Å². The minimum Gasteiger partial charge on any atom is -0.383 e. The van der Waals surface area contributed by atoms with Gasteiger partial charge in [0, 0.05) is 12.6 Å². The Morgan fingerprint density at radius 2 is 2.30 bits per heavy atom. The van der Waals surface area contributed by atoms with E-state index in [2.05, 4.69) is 25.3 Å². The maximum Gasteiger partial charge on any atom is 0.253 e. The highest BCUT2D eigenvalue weighted by Crippen LogP contribution is 2.29. The van der Waals surface area contributed by atoms with Crippen molar-refractivity contribution in [2.75, 3.05) is 17.6 Å². The Morgan fingerprint density at radius 1 is 1.50 bits per heavy atom. The predicted molar refractivity (Wildman–Crippen MR) is 79.2 cm³/mol. The van der Waals surface area contributed by atoms with Crippen molar-refractivity contribution in [2.45, 2.75) is 23.5 Å². The number of nitrogens with one attached hydrogen (secondary N) is 2. The normalized spacial score (nSPS) is 10.5. The third-order valence-corrected chi connectivity index (χ3v) is 3.46. The van der Waals surface area contributed by atoms with Crippen molar-refractivity contribution in [2.24, 2.45) is 0 Å². The van der Waals surface area contributed by atoms with Crippen molar-refractivity contribution in [3.05, 3.63) is 27.6 Å². The molecule has 0 fully saturated rings. The Bertz CT molecular complexity index is 662. The highest BCUT2D eigenvalue weighted by Gasteiger charge is 2.09. The van der Waals surface area contributed by atoms with E-state index in [1.165, 1.54) is 12.3 Å². The number of rotatable bonds is 5. The standard InChI is InChI=1S/C11H13ClN6OS/c1-2-3-14-10-15-5-6(12)9(18-10)20-11-16-7(13)4-8(19)17-11/h4-5H,2-3H2,1H3,(H,14,15,18)(H3,13,16,17,19). The molecule has 2 rings (SSSR count). The number of nitrogen functional groups attached to an aromatic ring is 1. The fourth-order valence-corrected chi connectivity index (χ4v) is 2.31. The minimum absolute atomic E-state index is 0.144. The molecular formula is C11H13ClN6OS. The summed E-state index contributed by atoms with van der Waals surface area (Å²) >= 11 is 7.16. The first-order valence-corrected chi connectivity index (χ1v) is 7.09. The smallest absolute Gasteiger partial charge is 0.253 e. The largest absolute Gasteiger partial charge is 0.383 e. The maximum absolute atomic E-state index is 11.3. The molecular weight excluding hydrogens is 300 g/mol. The van der Waals surface area contributed by atoms with Crippen LogP contribution in [0, 0.1) is 0 Å². The van der Waals surface area contributed by atoms with Crippen LogP contribution in [0.15, 0.2) is 27.2 Å². The monoisotopic (exact) mass is 312 g/mol. The number of anilines is 2. The number of H-pyrrole nitrogens is 1. The molecule has 106 valence electrons. The molecule has 0 radical (unpaired) electrons. The van der Waals surface area contributed by atoms with E-state index in [-0.39, 0.29) is 11.4 Å². The second-order valence-corrected chi connectivity index (χ2v) is 5.24. The van der Waals surface area contributed by atoms with Gasteiger partial charge in [-0.1, -0.05) is 18.5 Å². The van der Waals surface area contributed by atoms with E-state index in [4.69, 9.17) is 17.3 Å². The van der Waals surface area contributed by atoms with Gasteiger partial charge in [-0.2, -0.15) is 0 Å². The summed E-state index contributed by atoms with van der Waals surface area (Å²) in [5.41, 5.74) is 5.20. The Morgan fingerprint density at radius 3 is 3.00 bits per heavy atom. The van der Waals surface area contributed by atoms with E-state index >= 15 is 0 Å². The first-order valence-electron chi connectivity index (χ1n) is 5.89. The molecule has 2 heterocycles. The quantitative estimate of drug-likeness (QED) is 0.570. The number of halogens is 1.